The Kier molecular flexibility index (Phi) is 6.25. The van der Waals surface area contributed by atoms with Crippen molar-refractivity contribution in [1.82, 2.24) is 5.32 Å². The summed E-state index contributed by atoms with van der Waals surface area (Å²) in [5.74, 6) is 1.10. The van der Waals surface area contributed by atoms with E-state index in [0.29, 0.717) is 24.5 Å². The van der Waals surface area contributed by atoms with Crippen LogP contribution in [-0.4, -0.2) is 25.2 Å². The van der Waals surface area contributed by atoms with Crippen LogP contribution in [0.15, 0.2) is 17.7 Å². The molecule has 1 heterocycles. The van der Waals surface area contributed by atoms with Crippen LogP contribution in [0.2, 0.25) is 0 Å². The molecular weight excluding hydrogens is 304 g/mol. The Morgan fingerprint density at radius 3 is 2.96 bits per heavy atom. The van der Waals surface area contributed by atoms with Gasteiger partial charge in [0.05, 0.1) is 6.61 Å². The first-order valence-electron chi connectivity index (χ1n) is 8.45. The molecule has 5 heteroatoms. The third-order valence-electron chi connectivity index (χ3n) is 3.81. The van der Waals surface area contributed by atoms with Crippen molar-refractivity contribution >= 4 is 12.0 Å². The molecule has 1 aromatic carbocycles. The molecule has 1 unspecified atom stereocenters. The third kappa shape index (κ3) is 4.29. The lowest BCUT2D eigenvalue weighted by Crippen LogP contribution is -2.25. The van der Waals surface area contributed by atoms with Crippen LogP contribution in [-0.2, 0) is 11.2 Å². The molecule has 0 radical (unpaired) electrons. The molecule has 1 aliphatic heterocycles. The second kappa shape index (κ2) is 8.39. The number of hydrogen-bond donors (Lipinski definition) is 1. The molecule has 1 atom stereocenters. The molecule has 5 nitrogen and oxygen atoms in total. The number of hydrogen-bond acceptors (Lipinski definition) is 4. The lowest BCUT2D eigenvalue weighted by molar-refractivity contribution is -0.117. The smallest absolute Gasteiger partial charge is 0.261 e. The summed E-state index contributed by atoms with van der Waals surface area (Å²) in [6.45, 7) is 7.05. The predicted octanol–water partition coefficient (Wildman–Crippen LogP) is 3.23. The number of nitrogens with zero attached hydrogens (tertiary/aromatic N) is 1. The molecule has 24 heavy (non-hydrogen) atoms. The van der Waals surface area contributed by atoms with Gasteiger partial charge in [-0.3, -0.25) is 4.79 Å². The Labute approximate surface area is 143 Å². The quantitative estimate of drug-likeness (QED) is 0.474. The van der Waals surface area contributed by atoms with E-state index in [1.165, 1.54) is 0 Å². The third-order valence-corrected chi connectivity index (χ3v) is 3.81. The van der Waals surface area contributed by atoms with Gasteiger partial charge in [0.15, 0.2) is 0 Å². The highest BCUT2D eigenvalue weighted by atomic mass is 16.5. The molecule has 1 amide bonds. The van der Waals surface area contributed by atoms with Crippen LogP contribution in [0, 0.1) is 11.3 Å². The van der Waals surface area contributed by atoms with Crippen LogP contribution < -0.4 is 14.8 Å². The summed E-state index contributed by atoms with van der Waals surface area (Å²) in [4.78, 5) is 12.1. The molecule has 0 aromatic heterocycles. The first-order valence-corrected chi connectivity index (χ1v) is 8.45. The molecule has 0 fully saturated rings. The van der Waals surface area contributed by atoms with Crippen molar-refractivity contribution in [2.24, 2.45) is 0 Å². The molecule has 0 saturated carbocycles. The Balaban J connectivity index is 2.30. The highest BCUT2D eigenvalue weighted by Gasteiger charge is 2.22. The van der Waals surface area contributed by atoms with E-state index in [1.807, 2.05) is 39.0 Å². The summed E-state index contributed by atoms with van der Waals surface area (Å²) in [6.07, 6.45) is 4.40. The summed E-state index contributed by atoms with van der Waals surface area (Å²) in [6, 6.07) is 5.77. The number of rotatable bonds is 7. The van der Waals surface area contributed by atoms with Crippen LogP contribution in [0.3, 0.4) is 0 Å². The van der Waals surface area contributed by atoms with E-state index in [2.05, 4.69) is 5.32 Å². The zero-order chi connectivity index (χ0) is 17.5. The van der Waals surface area contributed by atoms with Gasteiger partial charge < -0.3 is 14.8 Å². The fourth-order valence-corrected chi connectivity index (χ4v) is 2.63. The van der Waals surface area contributed by atoms with E-state index < -0.39 is 0 Å². The van der Waals surface area contributed by atoms with Gasteiger partial charge in [-0.1, -0.05) is 13.3 Å². The van der Waals surface area contributed by atoms with Gasteiger partial charge in [-0.15, -0.1) is 0 Å². The number of ether oxygens (including phenoxy) is 2. The number of carbonyl (C=O) groups is 1. The average Bonchev–Trinajstić information content (AvgIpc) is 2.91. The molecular formula is C19H24N2O3. The minimum atomic E-state index is -0.358. The highest BCUT2D eigenvalue weighted by Crippen LogP contribution is 2.36. The fraction of sp³-hybridized carbons (Fsp3) is 0.474. The second-order valence-corrected chi connectivity index (χ2v) is 5.84. The van der Waals surface area contributed by atoms with Gasteiger partial charge in [0.25, 0.3) is 5.91 Å². The maximum atomic E-state index is 12.1. The van der Waals surface area contributed by atoms with Crippen molar-refractivity contribution in [3.05, 3.63) is 28.8 Å². The van der Waals surface area contributed by atoms with Crippen molar-refractivity contribution in [2.75, 3.05) is 13.2 Å². The second-order valence-electron chi connectivity index (χ2n) is 5.84. The largest absolute Gasteiger partial charge is 0.493 e. The molecule has 0 bridgehead atoms. The van der Waals surface area contributed by atoms with Gasteiger partial charge in [0.1, 0.15) is 29.2 Å². The molecule has 1 N–H and O–H groups in total. The van der Waals surface area contributed by atoms with Gasteiger partial charge >= 0.3 is 0 Å². The van der Waals surface area contributed by atoms with Crippen molar-refractivity contribution in [2.45, 2.75) is 46.1 Å². The van der Waals surface area contributed by atoms with Crippen LogP contribution in [0.5, 0.6) is 11.5 Å². The SMILES string of the molecule is CCCCNC(=O)/C(C#N)=C/c1cc2c(cc1OCC)CC(C)O2. The zero-order valence-electron chi connectivity index (χ0n) is 14.5. The van der Waals surface area contributed by atoms with Gasteiger partial charge in [0.2, 0.25) is 0 Å². The summed E-state index contributed by atoms with van der Waals surface area (Å²) in [5, 5.41) is 12.1. The van der Waals surface area contributed by atoms with Crippen LogP contribution in [0.1, 0.15) is 44.7 Å². The predicted molar refractivity (Wildman–Crippen MR) is 92.9 cm³/mol. The normalized spacial score (nSPS) is 16.1. The molecule has 0 aliphatic carbocycles. The molecule has 0 spiro atoms. The number of benzene rings is 1. The first kappa shape index (κ1) is 17.9. The van der Waals surface area contributed by atoms with Crippen LogP contribution in [0.4, 0.5) is 0 Å². The van der Waals surface area contributed by atoms with Gasteiger partial charge in [0, 0.05) is 24.1 Å². The topological polar surface area (TPSA) is 71.4 Å². The Bertz CT molecular complexity index is 674. The monoisotopic (exact) mass is 328 g/mol. The van der Waals surface area contributed by atoms with E-state index in [-0.39, 0.29) is 17.6 Å². The fourth-order valence-electron chi connectivity index (χ4n) is 2.63. The molecule has 1 aliphatic rings. The Morgan fingerprint density at radius 2 is 2.29 bits per heavy atom. The van der Waals surface area contributed by atoms with Gasteiger partial charge in [-0.05, 0) is 38.5 Å². The Morgan fingerprint density at radius 1 is 1.50 bits per heavy atom. The summed E-state index contributed by atoms with van der Waals surface area (Å²) >= 11 is 0. The summed E-state index contributed by atoms with van der Waals surface area (Å²) < 4.78 is 11.4. The number of nitrogens with one attached hydrogen (secondary N) is 1. The molecule has 128 valence electrons. The maximum absolute atomic E-state index is 12.1. The average molecular weight is 328 g/mol. The molecule has 0 saturated heterocycles. The van der Waals surface area contributed by atoms with Crippen LogP contribution in [0.25, 0.3) is 6.08 Å². The van der Waals surface area contributed by atoms with E-state index >= 15 is 0 Å². The first-order chi connectivity index (χ1) is 11.6. The van der Waals surface area contributed by atoms with E-state index in [9.17, 15) is 10.1 Å². The summed E-state index contributed by atoms with van der Waals surface area (Å²) in [7, 11) is 0. The lowest BCUT2D eigenvalue weighted by atomic mass is 10.0. The standard InChI is InChI=1S/C19H24N2O3/c1-4-6-7-21-19(22)16(12-20)9-15-11-18-14(8-13(3)24-18)10-17(15)23-5-2/h9-11,13H,4-8H2,1-3H3,(H,21,22)/b16-9+. The number of unbranched alkanes of at least 4 members (excludes halogenated alkanes) is 1. The van der Waals surface area contributed by atoms with E-state index in [0.717, 1.165) is 30.6 Å². The van der Waals surface area contributed by atoms with Crippen LogP contribution >= 0.6 is 0 Å². The number of carbonyl (C=O) groups excluding carboxylic acids is 1. The minimum Gasteiger partial charge on any atom is -0.493 e. The van der Waals surface area contributed by atoms with Crippen molar-refractivity contribution < 1.29 is 14.3 Å². The van der Waals surface area contributed by atoms with Crippen molar-refractivity contribution in [3.63, 3.8) is 0 Å². The number of amides is 1. The Hall–Kier alpha value is -2.48. The van der Waals surface area contributed by atoms with Crippen molar-refractivity contribution in [1.29, 1.82) is 5.26 Å². The molecule has 1 aromatic rings. The van der Waals surface area contributed by atoms with E-state index in [1.54, 1.807) is 6.08 Å². The maximum Gasteiger partial charge on any atom is 0.261 e. The van der Waals surface area contributed by atoms with E-state index in [4.69, 9.17) is 9.47 Å². The number of nitriles is 1. The summed E-state index contributed by atoms with van der Waals surface area (Å²) in [5.41, 5.74) is 1.85. The highest BCUT2D eigenvalue weighted by molar-refractivity contribution is 6.02. The lowest BCUT2D eigenvalue weighted by Gasteiger charge is -2.10. The van der Waals surface area contributed by atoms with Crippen molar-refractivity contribution in [3.8, 4) is 17.6 Å². The van der Waals surface area contributed by atoms with Gasteiger partial charge in [-0.25, -0.2) is 0 Å². The minimum absolute atomic E-state index is 0.0676. The zero-order valence-corrected chi connectivity index (χ0v) is 14.5. The number of fused-ring (bicyclic) bond motifs is 1. The van der Waals surface area contributed by atoms with Gasteiger partial charge in [-0.2, -0.15) is 5.26 Å². The molecule has 2 rings (SSSR count).